The van der Waals surface area contributed by atoms with E-state index in [2.05, 4.69) is 10.4 Å². The fourth-order valence-electron chi connectivity index (χ4n) is 4.49. The molecule has 3 aromatic rings. The number of imide groups is 1. The van der Waals surface area contributed by atoms with Crippen molar-refractivity contribution in [2.24, 2.45) is 7.05 Å². The number of rotatable bonds is 3. The van der Waals surface area contributed by atoms with Crippen LogP contribution in [0, 0.1) is 17.1 Å². The number of nitrogens with zero attached hydrogens (tertiary/aromatic N) is 4. The maximum Gasteiger partial charge on any atom is 0.255 e. The smallest absolute Gasteiger partial charge is 0.255 e. The molecule has 2 aliphatic heterocycles. The molecule has 0 bridgehead atoms. The molecule has 33 heavy (non-hydrogen) atoms. The van der Waals surface area contributed by atoms with Crippen LogP contribution in [-0.2, 0) is 23.2 Å². The van der Waals surface area contributed by atoms with E-state index in [4.69, 9.17) is 5.26 Å². The number of amides is 3. The van der Waals surface area contributed by atoms with E-state index < -0.39 is 17.8 Å². The molecule has 8 nitrogen and oxygen atoms in total. The van der Waals surface area contributed by atoms with Gasteiger partial charge in [0.2, 0.25) is 11.8 Å². The fraction of sp³-hybridized carbons (Fsp3) is 0.208. The quantitative estimate of drug-likeness (QED) is 0.626. The minimum Gasteiger partial charge on any atom is -0.322 e. The molecule has 3 amide bonds. The normalized spacial score (nSPS) is 17.7. The average molecular weight is 443 g/mol. The van der Waals surface area contributed by atoms with E-state index in [-0.39, 0.29) is 30.3 Å². The third-order valence-corrected chi connectivity index (χ3v) is 6.13. The van der Waals surface area contributed by atoms with E-state index in [9.17, 15) is 18.8 Å². The Morgan fingerprint density at radius 3 is 2.64 bits per heavy atom. The Kier molecular flexibility index (Phi) is 4.78. The Labute approximate surface area is 188 Å². The number of hydrogen-bond donors (Lipinski definition) is 1. The van der Waals surface area contributed by atoms with Gasteiger partial charge in [0.25, 0.3) is 5.91 Å². The van der Waals surface area contributed by atoms with Gasteiger partial charge in [-0.3, -0.25) is 24.4 Å². The first kappa shape index (κ1) is 20.6. The second kappa shape index (κ2) is 7.67. The first-order valence-corrected chi connectivity index (χ1v) is 10.4. The lowest BCUT2D eigenvalue weighted by Crippen LogP contribution is -2.52. The molecular formula is C24H18FN5O3. The third-order valence-electron chi connectivity index (χ3n) is 6.13. The summed E-state index contributed by atoms with van der Waals surface area (Å²) in [6.45, 7) is 0.245. The molecule has 2 aliphatic rings. The van der Waals surface area contributed by atoms with Crippen molar-refractivity contribution in [3.63, 3.8) is 0 Å². The lowest BCUT2D eigenvalue weighted by Gasteiger charge is -2.29. The van der Waals surface area contributed by atoms with E-state index in [1.54, 1.807) is 42.2 Å². The number of piperidine rings is 1. The average Bonchev–Trinajstić information content (AvgIpc) is 3.33. The highest BCUT2D eigenvalue weighted by Gasteiger charge is 2.39. The van der Waals surface area contributed by atoms with Gasteiger partial charge in [-0.1, -0.05) is 6.07 Å². The molecule has 0 saturated carbocycles. The summed E-state index contributed by atoms with van der Waals surface area (Å²) in [5.74, 6) is -1.57. The fourth-order valence-corrected chi connectivity index (χ4v) is 4.49. The third kappa shape index (κ3) is 3.36. The largest absolute Gasteiger partial charge is 0.322 e. The molecule has 0 radical (unpaired) electrons. The Morgan fingerprint density at radius 1 is 1.12 bits per heavy atom. The number of aromatic nitrogens is 2. The van der Waals surface area contributed by atoms with Crippen LogP contribution in [0.15, 0.2) is 42.6 Å². The van der Waals surface area contributed by atoms with E-state index in [0.29, 0.717) is 28.8 Å². The topological polar surface area (TPSA) is 108 Å². The number of benzene rings is 2. The van der Waals surface area contributed by atoms with Crippen molar-refractivity contribution in [3.8, 4) is 28.5 Å². The predicted molar refractivity (Wildman–Crippen MR) is 115 cm³/mol. The van der Waals surface area contributed by atoms with E-state index >= 15 is 0 Å². The summed E-state index contributed by atoms with van der Waals surface area (Å²) < 4.78 is 16.3. The van der Waals surface area contributed by atoms with Crippen LogP contribution in [0.4, 0.5) is 4.39 Å². The van der Waals surface area contributed by atoms with Gasteiger partial charge in [-0.25, -0.2) is 4.39 Å². The van der Waals surface area contributed by atoms with E-state index in [1.807, 2.05) is 12.1 Å². The van der Waals surface area contributed by atoms with Gasteiger partial charge in [0.15, 0.2) is 0 Å². The molecule has 1 unspecified atom stereocenters. The lowest BCUT2D eigenvalue weighted by molar-refractivity contribution is -0.136. The molecule has 1 aromatic heterocycles. The lowest BCUT2D eigenvalue weighted by atomic mass is 9.97. The number of fused-ring (bicyclic) bond motifs is 1. The van der Waals surface area contributed by atoms with Crippen molar-refractivity contribution in [1.29, 1.82) is 5.26 Å². The van der Waals surface area contributed by atoms with Gasteiger partial charge in [-0.2, -0.15) is 10.4 Å². The van der Waals surface area contributed by atoms with Crippen molar-refractivity contribution in [2.45, 2.75) is 25.4 Å². The number of halogens is 1. The first-order valence-electron chi connectivity index (χ1n) is 10.4. The van der Waals surface area contributed by atoms with Crippen molar-refractivity contribution in [1.82, 2.24) is 20.0 Å². The van der Waals surface area contributed by atoms with Gasteiger partial charge >= 0.3 is 0 Å². The van der Waals surface area contributed by atoms with E-state index in [0.717, 1.165) is 11.1 Å². The van der Waals surface area contributed by atoms with Crippen molar-refractivity contribution in [2.75, 3.05) is 0 Å². The van der Waals surface area contributed by atoms with Crippen LogP contribution in [-0.4, -0.2) is 38.4 Å². The molecule has 3 heterocycles. The second-order valence-electron chi connectivity index (χ2n) is 8.11. The van der Waals surface area contributed by atoms with Crippen LogP contribution >= 0.6 is 0 Å². The molecule has 5 rings (SSSR count). The van der Waals surface area contributed by atoms with Gasteiger partial charge in [-0.15, -0.1) is 0 Å². The van der Waals surface area contributed by atoms with Crippen molar-refractivity contribution >= 4 is 17.7 Å². The maximum absolute atomic E-state index is 14.8. The molecule has 9 heteroatoms. The summed E-state index contributed by atoms with van der Waals surface area (Å²) in [6.07, 6.45) is 2.11. The molecule has 0 aliphatic carbocycles. The Hall–Kier alpha value is -4.32. The zero-order valence-electron chi connectivity index (χ0n) is 17.6. The molecule has 1 N–H and O–H groups in total. The standard InChI is InChI=1S/C24H18FN5O3/c1-29-22(17-4-2-13(10-26)8-19(17)25)18(11-27-29)14-3-5-16-15(9-14)12-30(24(16)33)20-6-7-21(31)28-23(20)32/h2-5,8-9,11,20H,6-7,12H2,1H3,(H,28,31,32). The van der Waals surface area contributed by atoms with Crippen molar-refractivity contribution < 1.29 is 18.8 Å². The number of carbonyl (C=O) groups excluding carboxylic acids is 3. The molecular weight excluding hydrogens is 425 g/mol. The summed E-state index contributed by atoms with van der Waals surface area (Å²) in [7, 11) is 1.71. The summed E-state index contributed by atoms with van der Waals surface area (Å²) in [4.78, 5) is 38.2. The molecule has 164 valence electrons. The zero-order chi connectivity index (χ0) is 23.3. The van der Waals surface area contributed by atoms with Crippen LogP contribution in [0.5, 0.6) is 0 Å². The van der Waals surface area contributed by atoms with Gasteiger partial charge in [-0.05, 0) is 47.9 Å². The minimum absolute atomic E-state index is 0.191. The SMILES string of the molecule is Cn1ncc(-c2ccc3c(c2)CN(C2CCC(=O)NC2=O)C3=O)c1-c1ccc(C#N)cc1F. The Bertz CT molecular complexity index is 1390. The number of nitrogens with one attached hydrogen (secondary N) is 1. The van der Waals surface area contributed by atoms with Crippen LogP contribution in [0.25, 0.3) is 22.4 Å². The van der Waals surface area contributed by atoms with Gasteiger partial charge in [0, 0.05) is 36.7 Å². The molecule has 2 aromatic carbocycles. The van der Waals surface area contributed by atoms with Crippen LogP contribution in [0.1, 0.15) is 34.3 Å². The maximum atomic E-state index is 14.8. The summed E-state index contributed by atoms with van der Waals surface area (Å²) in [6, 6.07) is 10.8. The van der Waals surface area contributed by atoms with Crippen LogP contribution < -0.4 is 5.32 Å². The number of aryl methyl sites for hydroxylation is 1. The molecule has 1 atom stereocenters. The summed E-state index contributed by atoms with van der Waals surface area (Å²) in [5, 5.41) is 15.6. The van der Waals surface area contributed by atoms with Crippen LogP contribution in [0.2, 0.25) is 0 Å². The molecule has 1 fully saturated rings. The molecule has 0 spiro atoms. The summed E-state index contributed by atoms with van der Waals surface area (Å²) in [5.41, 5.74) is 3.75. The number of hydrogen-bond acceptors (Lipinski definition) is 5. The van der Waals surface area contributed by atoms with Crippen molar-refractivity contribution in [3.05, 3.63) is 65.1 Å². The zero-order valence-corrected chi connectivity index (χ0v) is 17.6. The highest BCUT2D eigenvalue weighted by Crippen LogP contribution is 2.36. The second-order valence-corrected chi connectivity index (χ2v) is 8.11. The Balaban J connectivity index is 1.51. The van der Waals surface area contributed by atoms with Crippen LogP contribution in [0.3, 0.4) is 0 Å². The highest BCUT2D eigenvalue weighted by atomic mass is 19.1. The number of carbonyl (C=O) groups is 3. The van der Waals surface area contributed by atoms with Gasteiger partial charge < -0.3 is 4.90 Å². The predicted octanol–water partition coefficient (Wildman–Crippen LogP) is 2.53. The van der Waals surface area contributed by atoms with Gasteiger partial charge in [0.1, 0.15) is 11.9 Å². The minimum atomic E-state index is -0.687. The summed E-state index contributed by atoms with van der Waals surface area (Å²) >= 11 is 0. The highest BCUT2D eigenvalue weighted by molar-refractivity contribution is 6.05. The molecule has 1 saturated heterocycles. The van der Waals surface area contributed by atoms with Gasteiger partial charge in [0.05, 0.1) is 23.5 Å². The monoisotopic (exact) mass is 443 g/mol. The Morgan fingerprint density at radius 2 is 1.91 bits per heavy atom. The first-order chi connectivity index (χ1) is 15.9. The number of nitriles is 1. The van der Waals surface area contributed by atoms with E-state index in [1.165, 1.54) is 11.0 Å².